The molecule has 3 heterocycles. The van der Waals surface area contributed by atoms with Gasteiger partial charge in [0, 0.05) is 39.1 Å². The highest BCUT2D eigenvalue weighted by atomic mass is 16.5. The largest absolute Gasteiger partial charge is 0.384 e. The van der Waals surface area contributed by atoms with Gasteiger partial charge in [-0.05, 0) is 30.9 Å². The fourth-order valence-corrected chi connectivity index (χ4v) is 2.94. The van der Waals surface area contributed by atoms with Gasteiger partial charge in [0.1, 0.15) is 5.82 Å². The van der Waals surface area contributed by atoms with Crippen LogP contribution in [0.3, 0.4) is 0 Å². The quantitative estimate of drug-likeness (QED) is 0.913. The van der Waals surface area contributed by atoms with E-state index in [2.05, 4.69) is 15.4 Å². The van der Waals surface area contributed by atoms with Crippen molar-refractivity contribution in [3.05, 3.63) is 42.4 Å². The van der Waals surface area contributed by atoms with Gasteiger partial charge < -0.3 is 9.64 Å². The first-order chi connectivity index (χ1) is 11.8. The number of piperidine rings is 1. The summed E-state index contributed by atoms with van der Waals surface area (Å²) in [5.41, 5.74) is 0.900. The number of rotatable bonds is 5. The van der Waals surface area contributed by atoms with Crippen LogP contribution in [-0.2, 0) is 11.3 Å². The molecule has 7 nitrogen and oxygen atoms in total. The third-order valence-electron chi connectivity index (χ3n) is 4.29. The Morgan fingerprint density at radius 1 is 1.29 bits per heavy atom. The van der Waals surface area contributed by atoms with Crippen molar-refractivity contribution in [2.45, 2.75) is 19.4 Å². The van der Waals surface area contributed by atoms with E-state index >= 15 is 0 Å². The molecule has 3 rings (SSSR count). The highest BCUT2D eigenvalue weighted by Gasteiger charge is 2.23. The van der Waals surface area contributed by atoms with E-state index in [4.69, 9.17) is 4.74 Å². The number of nitrogens with one attached hydrogen (secondary N) is 1. The first-order valence-electron chi connectivity index (χ1n) is 8.23. The van der Waals surface area contributed by atoms with E-state index in [9.17, 15) is 4.79 Å². The summed E-state index contributed by atoms with van der Waals surface area (Å²) in [4.78, 5) is 18.6. The number of carbonyl (C=O) groups excluding carboxylic acids is 1. The van der Waals surface area contributed by atoms with Crippen LogP contribution >= 0.6 is 0 Å². The van der Waals surface area contributed by atoms with Crippen molar-refractivity contribution in [3.63, 3.8) is 0 Å². The van der Waals surface area contributed by atoms with E-state index in [-0.39, 0.29) is 6.03 Å². The molecule has 0 aliphatic carbocycles. The summed E-state index contributed by atoms with van der Waals surface area (Å²) in [6.07, 6.45) is 5.40. The predicted octanol–water partition coefficient (Wildman–Crippen LogP) is 2.22. The van der Waals surface area contributed by atoms with E-state index in [0.29, 0.717) is 18.3 Å². The average Bonchev–Trinajstić information content (AvgIpc) is 3.03. The number of hydrogen-bond donors (Lipinski definition) is 1. The molecule has 7 heteroatoms. The minimum Gasteiger partial charge on any atom is -0.384 e. The molecule has 0 saturated carbocycles. The summed E-state index contributed by atoms with van der Waals surface area (Å²) in [6.45, 7) is 2.81. The number of methoxy groups -OCH3 is 1. The van der Waals surface area contributed by atoms with Crippen molar-refractivity contribution < 1.29 is 9.53 Å². The van der Waals surface area contributed by atoms with Crippen molar-refractivity contribution in [2.75, 3.05) is 32.1 Å². The van der Waals surface area contributed by atoms with Gasteiger partial charge in [0.05, 0.1) is 18.4 Å². The van der Waals surface area contributed by atoms with Crippen LogP contribution in [0.1, 0.15) is 18.5 Å². The second-order valence-corrected chi connectivity index (χ2v) is 6.01. The van der Waals surface area contributed by atoms with Crippen LogP contribution in [0.2, 0.25) is 0 Å². The Kier molecular flexibility index (Phi) is 5.43. The number of urea groups is 1. The van der Waals surface area contributed by atoms with Crippen LogP contribution in [-0.4, -0.2) is 52.5 Å². The van der Waals surface area contributed by atoms with E-state index in [1.54, 1.807) is 30.3 Å². The SMILES string of the molecule is COCC1CCN(C(=O)Nc2ccnn2Cc2ccccn2)CC1. The zero-order valence-corrected chi connectivity index (χ0v) is 13.9. The molecule has 0 bridgehead atoms. The van der Waals surface area contributed by atoms with E-state index in [1.165, 1.54) is 0 Å². The summed E-state index contributed by atoms with van der Waals surface area (Å²) in [6, 6.07) is 7.48. The number of nitrogens with zero attached hydrogens (tertiary/aromatic N) is 4. The molecule has 0 radical (unpaired) electrons. The Balaban J connectivity index is 1.57. The third-order valence-corrected chi connectivity index (χ3v) is 4.29. The summed E-state index contributed by atoms with van der Waals surface area (Å²) < 4.78 is 6.95. The maximum absolute atomic E-state index is 12.5. The fraction of sp³-hybridized carbons (Fsp3) is 0.471. The Morgan fingerprint density at radius 3 is 2.83 bits per heavy atom. The minimum absolute atomic E-state index is 0.0753. The van der Waals surface area contributed by atoms with Gasteiger partial charge in [0.25, 0.3) is 0 Å². The van der Waals surface area contributed by atoms with Gasteiger partial charge in [-0.2, -0.15) is 5.10 Å². The summed E-state index contributed by atoms with van der Waals surface area (Å²) in [5.74, 6) is 1.23. The normalized spacial score (nSPS) is 15.5. The molecule has 1 aliphatic heterocycles. The maximum atomic E-state index is 12.5. The number of carbonyl (C=O) groups is 1. The van der Waals surface area contributed by atoms with Gasteiger partial charge in [-0.3, -0.25) is 10.3 Å². The fourth-order valence-electron chi connectivity index (χ4n) is 2.94. The number of aromatic nitrogens is 3. The topological polar surface area (TPSA) is 72.3 Å². The predicted molar refractivity (Wildman–Crippen MR) is 90.8 cm³/mol. The zero-order chi connectivity index (χ0) is 16.8. The number of hydrogen-bond acceptors (Lipinski definition) is 4. The Bertz CT molecular complexity index is 650. The lowest BCUT2D eigenvalue weighted by Gasteiger charge is -2.31. The molecule has 1 saturated heterocycles. The molecular formula is C17H23N5O2. The molecule has 0 atom stereocenters. The number of pyridine rings is 1. The molecule has 24 heavy (non-hydrogen) atoms. The Morgan fingerprint density at radius 2 is 2.12 bits per heavy atom. The lowest BCUT2D eigenvalue weighted by Crippen LogP contribution is -2.42. The van der Waals surface area contributed by atoms with Crippen molar-refractivity contribution in [2.24, 2.45) is 5.92 Å². The van der Waals surface area contributed by atoms with Crippen molar-refractivity contribution in [1.82, 2.24) is 19.7 Å². The van der Waals surface area contributed by atoms with Gasteiger partial charge in [0.15, 0.2) is 0 Å². The maximum Gasteiger partial charge on any atom is 0.322 e. The highest BCUT2D eigenvalue weighted by molar-refractivity contribution is 5.88. The van der Waals surface area contributed by atoms with Crippen LogP contribution in [0, 0.1) is 5.92 Å². The number of likely N-dealkylation sites (tertiary alicyclic amines) is 1. The second-order valence-electron chi connectivity index (χ2n) is 6.01. The third kappa shape index (κ3) is 4.11. The molecule has 0 unspecified atom stereocenters. The van der Waals surface area contributed by atoms with Crippen LogP contribution in [0.5, 0.6) is 0 Å². The van der Waals surface area contributed by atoms with E-state index in [1.807, 2.05) is 23.1 Å². The lowest BCUT2D eigenvalue weighted by atomic mass is 9.98. The van der Waals surface area contributed by atoms with Crippen LogP contribution in [0.4, 0.5) is 10.6 Å². The van der Waals surface area contributed by atoms with Gasteiger partial charge in [-0.1, -0.05) is 6.07 Å². The van der Waals surface area contributed by atoms with Gasteiger partial charge in [-0.25, -0.2) is 9.48 Å². The number of anilines is 1. The summed E-state index contributed by atoms with van der Waals surface area (Å²) in [7, 11) is 1.72. The van der Waals surface area contributed by atoms with Crippen molar-refractivity contribution >= 4 is 11.8 Å². The van der Waals surface area contributed by atoms with Gasteiger partial charge in [0.2, 0.25) is 0 Å². The van der Waals surface area contributed by atoms with Crippen molar-refractivity contribution in [3.8, 4) is 0 Å². The van der Waals surface area contributed by atoms with Gasteiger partial charge in [-0.15, -0.1) is 0 Å². The lowest BCUT2D eigenvalue weighted by molar-refractivity contribution is 0.110. The standard InChI is InChI=1S/C17H23N5O2/c1-24-13-14-6-10-21(11-7-14)17(23)20-16-5-9-19-22(16)12-15-4-2-3-8-18-15/h2-5,8-9,14H,6-7,10-13H2,1H3,(H,20,23). The molecule has 0 aromatic carbocycles. The highest BCUT2D eigenvalue weighted by Crippen LogP contribution is 2.18. The molecule has 1 fully saturated rings. The minimum atomic E-state index is -0.0753. The molecule has 2 aromatic rings. The summed E-state index contributed by atoms with van der Waals surface area (Å²) >= 11 is 0. The van der Waals surface area contributed by atoms with Crippen LogP contribution in [0.15, 0.2) is 36.7 Å². The zero-order valence-electron chi connectivity index (χ0n) is 13.9. The van der Waals surface area contributed by atoms with Crippen molar-refractivity contribution in [1.29, 1.82) is 0 Å². The Hall–Kier alpha value is -2.41. The molecule has 1 N–H and O–H groups in total. The van der Waals surface area contributed by atoms with E-state index in [0.717, 1.165) is 38.2 Å². The first kappa shape index (κ1) is 16.4. The molecule has 2 amide bonds. The monoisotopic (exact) mass is 329 g/mol. The Labute approximate surface area is 141 Å². The first-order valence-corrected chi connectivity index (χ1v) is 8.23. The molecule has 0 spiro atoms. The molecule has 2 aromatic heterocycles. The van der Waals surface area contributed by atoms with Crippen LogP contribution < -0.4 is 5.32 Å². The molecule has 1 aliphatic rings. The number of amides is 2. The molecule has 128 valence electrons. The summed E-state index contributed by atoms with van der Waals surface area (Å²) in [5, 5.41) is 7.23. The van der Waals surface area contributed by atoms with Gasteiger partial charge >= 0.3 is 6.03 Å². The smallest absolute Gasteiger partial charge is 0.322 e. The average molecular weight is 329 g/mol. The van der Waals surface area contributed by atoms with E-state index < -0.39 is 0 Å². The van der Waals surface area contributed by atoms with Crippen LogP contribution in [0.25, 0.3) is 0 Å². The second kappa shape index (κ2) is 7.92. The molecular weight excluding hydrogens is 306 g/mol. The number of ether oxygens (including phenoxy) is 1.